The minimum Gasteiger partial charge on any atom is -0.497 e. The fourth-order valence-corrected chi connectivity index (χ4v) is 4.12. The topological polar surface area (TPSA) is 90.3 Å². The zero-order chi connectivity index (χ0) is 20.2. The summed E-state index contributed by atoms with van der Waals surface area (Å²) in [5.41, 5.74) is -0.188. The first-order valence-electron chi connectivity index (χ1n) is 9.28. The van der Waals surface area contributed by atoms with Crippen LogP contribution >= 0.6 is 0 Å². The summed E-state index contributed by atoms with van der Waals surface area (Å²) in [5.74, 6) is -0.752. The summed E-state index contributed by atoms with van der Waals surface area (Å²) in [5, 5.41) is 19.0. The Morgan fingerprint density at radius 1 is 1.33 bits per heavy atom. The number of carbonyl (C=O) groups is 2. The minimum absolute atomic E-state index is 0.0120. The molecule has 0 bridgehead atoms. The van der Waals surface area contributed by atoms with Crippen molar-refractivity contribution < 1.29 is 24.5 Å². The number of carboxylic acids is 1. The van der Waals surface area contributed by atoms with E-state index in [-0.39, 0.29) is 25.0 Å². The van der Waals surface area contributed by atoms with Gasteiger partial charge in [0.1, 0.15) is 11.3 Å². The fraction of sp³-hybridized carbons (Fsp3) is 0.600. The molecule has 7 heteroatoms. The number of carbonyl (C=O) groups excluding carboxylic acids is 1. The van der Waals surface area contributed by atoms with Gasteiger partial charge < -0.3 is 19.8 Å². The Balaban J connectivity index is 2.42. The van der Waals surface area contributed by atoms with Crippen LogP contribution in [0.5, 0.6) is 5.75 Å². The Labute approximate surface area is 160 Å². The predicted octanol–water partition coefficient (Wildman–Crippen LogP) is 1.76. The molecule has 27 heavy (non-hydrogen) atoms. The maximum atomic E-state index is 13.1. The van der Waals surface area contributed by atoms with E-state index in [0.29, 0.717) is 25.1 Å². The summed E-state index contributed by atoms with van der Waals surface area (Å²) in [4.78, 5) is 28.7. The highest BCUT2D eigenvalue weighted by Crippen LogP contribution is 2.48. The lowest BCUT2D eigenvalue weighted by atomic mass is 9.86. The van der Waals surface area contributed by atoms with Crippen molar-refractivity contribution >= 4 is 11.9 Å². The molecule has 1 amide bonds. The second-order valence-electron chi connectivity index (χ2n) is 7.17. The third-order valence-electron chi connectivity index (χ3n) is 5.82. The highest BCUT2D eigenvalue weighted by Gasteiger charge is 2.56. The average molecular weight is 378 g/mol. The number of likely N-dealkylation sites (tertiary alicyclic amines) is 1. The number of aliphatic hydroxyl groups excluding tert-OH is 1. The number of aliphatic hydroxyl groups is 1. The molecule has 0 aromatic heterocycles. The molecule has 1 aliphatic heterocycles. The number of ether oxygens (including phenoxy) is 1. The summed E-state index contributed by atoms with van der Waals surface area (Å²) >= 11 is 0. The van der Waals surface area contributed by atoms with Gasteiger partial charge in [-0.1, -0.05) is 19.1 Å². The summed E-state index contributed by atoms with van der Waals surface area (Å²) in [6.07, 6.45) is 1.17. The van der Waals surface area contributed by atoms with Crippen molar-refractivity contribution in [3.8, 4) is 5.75 Å². The smallest absolute Gasteiger partial charge is 0.324 e. The molecule has 3 atom stereocenters. The normalized spacial score (nSPS) is 25.4. The van der Waals surface area contributed by atoms with Gasteiger partial charge in [0, 0.05) is 26.2 Å². The molecule has 1 fully saturated rings. The summed E-state index contributed by atoms with van der Waals surface area (Å²) in [7, 11) is 5.08. The van der Waals surface area contributed by atoms with Crippen molar-refractivity contribution in [2.75, 3.05) is 34.4 Å². The van der Waals surface area contributed by atoms with Crippen molar-refractivity contribution in [3.63, 3.8) is 0 Å². The van der Waals surface area contributed by atoms with Gasteiger partial charge in [0.25, 0.3) is 0 Å². The van der Waals surface area contributed by atoms with Crippen LogP contribution in [0.4, 0.5) is 0 Å². The quantitative estimate of drug-likeness (QED) is 0.716. The van der Waals surface area contributed by atoms with E-state index in [1.165, 1.54) is 0 Å². The van der Waals surface area contributed by atoms with E-state index in [1.807, 2.05) is 36.1 Å². The van der Waals surface area contributed by atoms with Crippen molar-refractivity contribution in [3.05, 3.63) is 29.8 Å². The highest BCUT2D eigenvalue weighted by atomic mass is 16.5. The van der Waals surface area contributed by atoms with Gasteiger partial charge in [0.05, 0.1) is 13.0 Å². The van der Waals surface area contributed by atoms with Gasteiger partial charge in [-0.05, 0) is 44.0 Å². The number of hydrogen-bond donors (Lipinski definition) is 2. The molecule has 7 nitrogen and oxygen atoms in total. The van der Waals surface area contributed by atoms with Crippen LogP contribution in [0, 0.1) is 5.92 Å². The van der Waals surface area contributed by atoms with Crippen molar-refractivity contribution in [1.29, 1.82) is 0 Å². The van der Waals surface area contributed by atoms with Gasteiger partial charge in [0.15, 0.2) is 0 Å². The SMILES string of the molecule is CC[C@]1(C(=O)O)C[C@@H](C(=O)N(C)CCCO)[C@@H](c2ccc(OC)cc2)N1C. The van der Waals surface area contributed by atoms with Crippen LogP contribution in [0.1, 0.15) is 37.8 Å². The van der Waals surface area contributed by atoms with Gasteiger partial charge in [-0.15, -0.1) is 0 Å². The van der Waals surface area contributed by atoms with E-state index in [2.05, 4.69) is 0 Å². The molecule has 0 spiro atoms. The van der Waals surface area contributed by atoms with Crippen molar-refractivity contribution in [1.82, 2.24) is 9.80 Å². The highest BCUT2D eigenvalue weighted by molar-refractivity contribution is 5.85. The third kappa shape index (κ3) is 3.94. The number of carboxylic acid groups (broad SMARTS) is 1. The molecule has 0 unspecified atom stereocenters. The Hall–Kier alpha value is -2.12. The zero-order valence-corrected chi connectivity index (χ0v) is 16.5. The summed E-state index contributed by atoms with van der Waals surface area (Å²) < 4.78 is 5.21. The number of benzene rings is 1. The number of amides is 1. The molecule has 0 radical (unpaired) electrons. The van der Waals surface area contributed by atoms with Crippen LogP contribution < -0.4 is 4.74 Å². The Morgan fingerprint density at radius 2 is 1.96 bits per heavy atom. The van der Waals surface area contributed by atoms with Crippen LogP contribution in [0.3, 0.4) is 0 Å². The number of rotatable bonds is 8. The number of aliphatic carboxylic acids is 1. The lowest BCUT2D eigenvalue weighted by molar-refractivity contribution is -0.150. The zero-order valence-electron chi connectivity index (χ0n) is 16.5. The molecule has 2 rings (SSSR count). The molecule has 0 saturated carbocycles. The Morgan fingerprint density at radius 3 is 2.44 bits per heavy atom. The number of methoxy groups -OCH3 is 1. The molecule has 1 aromatic rings. The molecular weight excluding hydrogens is 348 g/mol. The molecule has 1 heterocycles. The van der Waals surface area contributed by atoms with E-state index in [9.17, 15) is 14.7 Å². The number of hydrogen-bond acceptors (Lipinski definition) is 5. The van der Waals surface area contributed by atoms with E-state index >= 15 is 0 Å². The first-order chi connectivity index (χ1) is 12.8. The lowest BCUT2D eigenvalue weighted by Gasteiger charge is -2.34. The maximum Gasteiger partial charge on any atom is 0.324 e. The van der Waals surface area contributed by atoms with E-state index < -0.39 is 17.4 Å². The van der Waals surface area contributed by atoms with Gasteiger partial charge in [-0.2, -0.15) is 0 Å². The maximum absolute atomic E-state index is 13.1. The molecular formula is C20H30N2O5. The third-order valence-corrected chi connectivity index (χ3v) is 5.82. The monoisotopic (exact) mass is 378 g/mol. The predicted molar refractivity (Wildman–Crippen MR) is 102 cm³/mol. The second-order valence-corrected chi connectivity index (χ2v) is 7.17. The summed E-state index contributed by atoms with van der Waals surface area (Å²) in [6.45, 7) is 2.30. The van der Waals surface area contributed by atoms with Gasteiger partial charge in [0.2, 0.25) is 5.91 Å². The lowest BCUT2D eigenvalue weighted by Crippen LogP contribution is -2.48. The van der Waals surface area contributed by atoms with E-state index in [1.54, 1.807) is 26.1 Å². The number of nitrogens with zero attached hydrogens (tertiary/aromatic N) is 2. The average Bonchev–Trinajstić information content (AvgIpc) is 2.99. The van der Waals surface area contributed by atoms with Crippen LogP contribution in [-0.2, 0) is 9.59 Å². The van der Waals surface area contributed by atoms with Crippen LogP contribution in [0.15, 0.2) is 24.3 Å². The first kappa shape index (κ1) is 21.2. The fourth-order valence-electron chi connectivity index (χ4n) is 4.12. The van der Waals surface area contributed by atoms with E-state index in [0.717, 1.165) is 5.56 Å². The molecule has 1 aliphatic rings. The minimum atomic E-state index is -1.08. The first-order valence-corrected chi connectivity index (χ1v) is 9.28. The van der Waals surface area contributed by atoms with Crippen LogP contribution in [0.25, 0.3) is 0 Å². The largest absolute Gasteiger partial charge is 0.497 e. The molecule has 0 aliphatic carbocycles. The molecule has 150 valence electrons. The Kier molecular flexibility index (Phi) is 6.84. The molecule has 1 saturated heterocycles. The van der Waals surface area contributed by atoms with E-state index in [4.69, 9.17) is 9.84 Å². The van der Waals surface area contributed by atoms with Crippen LogP contribution in [-0.4, -0.2) is 71.8 Å². The number of likely N-dealkylation sites (N-methyl/N-ethyl adjacent to an activating group) is 1. The molecule has 2 N–H and O–H groups in total. The molecule has 1 aromatic carbocycles. The second kappa shape index (κ2) is 8.71. The van der Waals surface area contributed by atoms with Gasteiger partial charge in [-0.25, -0.2) is 0 Å². The van der Waals surface area contributed by atoms with Crippen molar-refractivity contribution in [2.24, 2.45) is 5.92 Å². The van der Waals surface area contributed by atoms with Crippen molar-refractivity contribution in [2.45, 2.75) is 37.8 Å². The van der Waals surface area contributed by atoms with Gasteiger partial charge >= 0.3 is 5.97 Å². The van der Waals surface area contributed by atoms with Gasteiger partial charge in [-0.3, -0.25) is 14.5 Å². The summed E-state index contributed by atoms with van der Waals surface area (Å²) in [6, 6.07) is 7.10. The van der Waals surface area contributed by atoms with Crippen LogP contribution in [0.2, 0.25) is 0 Å². The Bertz CT molecular complexity index is 663. The standard InChI is InChI=1S/C20H30N2O5/c1-5-20(19(25)26)13-16(18(24)21(2)11-6-12-23)17(22(20)3)14-7-9-15(27-4)10-8-14/h7-10,16-17,23H,5-6,11-13H2,1-4H3,(H,25,26)/t16-,17-,20-/m1/s1.